The second-order valence-corrected chi connectivity index (χ2v) is 10.1. The number of aryl methyl sites for hydroxylation is 1. The number of carbonyl (C=O) groups excluding carboxylic acids is 2. The van der Waals surface area contributed by atoms with Gasteiger partial charge in [-0.3, -0.25) is 19.5 Å². The fourth-order valence-corrected chi connectivity index (χ4v) is 5.24. The Labute approximate surface area is 196 Å². The molecule has 2 aliphatic heterocycles. The number of carbonyl (C=O) groups is 2. The average molecular weight is 487 g/mol. The smallest absolute Gasteiger partial charge is 0.253 e. The molecule has 4 rings (SSSR count). The van der Waals surface area contributed by atoms with Crippen molar-refractivity contribution in [2.75, 3.05) is 13.1 Å². The van der Waals surface area contributed by atoms with E-state index in [0.29, 0.717) is 28.1 Å². The number of piperidine rings is 1. The Balaban J connectivity index is 1.47. The van der Waals surface area contributed by atoms with Gasteiger partial charge >= 0.3 is 0 Å². The Morgan fingerprint density at radius 2 is 1.97 bits per heavy atom. The van der Waals surface area contributed by atoms with Crippen LogP contribution in [0, 0.1) is 6.92 Å². The van der Waals surface area contributed by atoms with Gasteiger partial charge in [0.05, 0.1) is 0 Å². The van der Waals surface area contributed by atoms with E-state index in [2.05, 4.69) is 15.3 Å². The number of sulfonamides is 1. The summed E-state index contributed by atoms with van der Waals surface area (Å²) in [7, 11) is -3.74. The van der Waals surface area contributed by atoms with Crippen molar-refractivity contribution < 1.29 is 27.5 Å². The van der Waals surface area contributed by atoms with Crippen LogP contribution in [-0.2, 0) is 14.8 Å². The first-order valence-electron chi connectivity index (χ1n) is 10.5. The second kappa shape index (κ2) is 8.99. The first-order chi connectivity index (χ1) is 16.1. The van der Waals surface area contributed by atoms with Gasteiger partial charge in [0.25, 0.3) is 5.91 Å². The summed E-state index contributed by atoms with van der Waals surface area (Å²) >= 11 is 0. The van der Waals surface area contributed by atoms with E-state index in [-0.39, 0.29) is 37.6 Å². The molecule has 2 aromatic carbocycles. The summed E-state index contributed by atoms with van der Waals surface area (Å²) < 4.78 is 39.5. The van der Waals surface area contributed by atoms with E-state index in [9.17, 15) is 22.5 Å². The van der Waals surface area contributed by atoms with Gasteiger partial charge < -0.3 is 11.1 Å². The number of aliphatic imine (C=N–C) groups is 1. The van der Waals surface area contributed by atoms with Crippen LogP contribution in [-0.4, -0.2) is 49.0 Å². The quantitative estimate of drug-likeness (QED) is 0.645. The number of amides is 2. The molecule has 2 aliphatic rings. The number of halogens is 1. The SMILES string of the molecule is Cc1cc(C(N)=O)ccc1/C=C/S(=O)(=O)N1CCC2(CC1)N=C(c1cccc(OF)c1)NC2=O. The second-order valence-electron chi connectivity index (χ2n) is 8.23. The zero-order valence-electron chi connectivity index (χ0n) is 18.3. The number of nitrogens with zero attached hydrogens (tertiary/aromatic N) is 2. The summed E-state index contributed by atoms with van der Waals surface area (Å²) in [5.41, 5.74) is 6.40. The first kappa shape index (κ1) is 23.6. The largest absolute Gasteiger partial charge is 0.366 e. The molecule has 1 saturated heterocycles. The van der Waals surface area contributed by atoms with Crippen molar-refractivity contribution in [1.29, 1.82) is 0 Å². The summed E-state index contributed by atoms with van der Waals surface area (Å²) in [6, 6.07) is 10.9. The molecule has 178 valence electrons. The fourth-order valence-electron chi connectivity index (χ4n) is 4.06. The van der Waals surface area contributed by atoms with Gasteiger partial charge in [-0.2, -0.15) is 4.31 Å². The van der Waals surface area contributed by atoms with Crippen molar-refractivity contribution in [2.45, 2.75) is 25.3 Å². The Morgan fingerprint density at radius 1 is 1.24 bits per heavy atom. The van der Waals surface area contributed by atoms with Gasteiger partial charge in [0.2, 0.25) is 15.9 Å². The van der Waals surface area contributed by atoms with E-state index < -0.39 is 21.5 Å². The van der Waals surface area contributed by atoms with Gasteiger partial charge in [-0.05, 0) is 61.2 Å². The van der Waals surface area contributed by atoms with Crippen LogP contribution in [0.5, 0.6) is 5.75 Å². The molecule has 11 heteroatoms. The predicted octanol–water partition coefficient (Wildman–Crippen LogP) is 2.07. The number of hydrogen-bond acceptors (Lipinski definition) is 6. The molecule has 9 nitrogen and oxygen atoms in total. The van der Waals surface area contributed by atoms with Gasteiger partial charge in [-0.1, -0.05) is 18.2 Å². The van der Waals surface area contributed by atoms with E-state index in [1.54, 1.807) is 31.2 Å². The van der Waals surface area contributed by atoms with E-state index >= 15 is 0 Å². The lowest BCUT2D eigenvalue weighted by molar-refractivity contribution is -0.124. The minimum Gasteiger partial charge on any atom is -0.366 e. The van der Waals surface area contributed by atoms with Crippen LogP contribution in [0.1, 0.15) is 39.9 Å². The Hall–Kier alpha value is -3.57. The standard InChI is InChI=1S/C23H23FN4O5S/c1-15-13-17(20(25)29)6-5-16(15)7-12-34(31,32)28-10-8-23(9-11-28)22(30)26-21(27-23)18-3-2-4-19(14-18)33-24/h2-7,12-14H,8-11H2,1H3,(H2,25,29)(H,26,27,30)/b12-7+. The lowest BCUT2D eigenvalue weighted by Gasteiger charge is -2.34. The van der Waals surface area contributed by atoms with Gasteiger partial charge in [0.15, 0.2) is 5.75 Å². The maximum absolute atomic E-state index is 12.9. The van der Waals surface area contributed by atoms with Crippen LogP contribution in [0.4, 0.5) is 4.53 Å². The number of rotatable bonds is 6. The molecular weight excluding hydrogens is 463 g/mol. The molecule has 2 amide bonds. The van der Waals surface area contributed by atoms with Crippen LogP contribution in [0.2, 0.25) is 0 Å². The van der Waals surface area contributed by atoms with Crippen molar-refractivity contribution in [1.82, 2.24) is 9.62 Å². The molecule has 0 radical (unpaired) electrons. The molecule has 0 aliphatic carbocycles. The molecule has 2 heterocycles. The molecule has 1 spiro atoms. The Kier molecular flexibility index (Phi) is 6.24. The normalized spacial score (nSPS) is 18.2. The maximum Gasteiger partial charge on any atom is 0.253 e. The van der Waals surface area contributed by atoms with Crippen LogP contribution >= 0.6 is 0 Å². The highest BCUT2D eigenvalue weighted by molar-refractivity contribution is 7.92. The number of hydrogen-bond donors (Lipinski definition) is 2. The summed E-state index contributed by atoms with van der Waals surface area (Å²) in [5, 5.41) is 3.83. The van der Waals surface area contributed by atoms with Gasteiger partial charge in [-0.25, -0.2) is 8.42 Å². The lowest BCUT2D eigenvalue weighted by atomic mass is 9.89. The molecule has 0 unspecified atom stereocenters. The monoisotopic (exact) mass is 486 g/mol. The summed E-state index contributed by atoms with van der Waals surface area (Å²) in [4.78, 5) is 32.3. The maximum atomic E-state index is 12.9. The Morgan fingerprint density at radius 3 is 2.62 bits per heavy atom. The highest BCUT2D eigenvalue weighted by Crippen LogP contribution is 2.32. The van der Waals surface area contributed by atoms with E-state index in [4.69, 9.17) is 5.73 Å². The van der Waals surface area contributed by atoms with E-state index in [1.807, 2.05) is 0 Å². The molecule has 0 saturated carbocycles. The predicted molar refractivity (Wildman–Crippen MR) is 124 cm³/mol. The van der Waals surface area contributed by atoms with Crippen LogP contribution < -0.4 is 16.0 Å². The zero-order chi connectivity index (χ0) is 24.5. The third-order valence-corrected chi connectivity index (χ3v) is 7.63. The van der Waals surface area contributed by atoms with Gasteiger partial charge in [-0.15, -0.1) is 0 Å². The zero-order valence-corrected chi connectivity index (χ0v) is 19.1. The van der Waals surface area contributed by atoms with Crippen molar-refractivity contribution in [3.63, 3.8) is 0 Å². The molecule has 0 atom stereocenters. The molecule has 0 aromatic heterocycles. The summed E-state index contributed by atoms with van der Waals surface area (Å²) in [6.07, 6.45) is 1.89. The number of amidine groups is 1. The van der Waals surface area contributed by atoms with E-state index in [1.165, 1.54) is 28.6 Å². The molecule has 3 N–H and O–H groups in total. The van der Waals surface area contributed by atoms with Gasteiger partial charge in [0, 0.05) is 34.2 Å². The number of primary amides is 1. The lowest BCUT2D eigenvalue weighted by Crippen LogP contribution is -2.50. The first-order valence-corrected chi connectivity index (χ1v) is 12.0. The highest BCUT2D eigenvalue weighted by Gasteiger charge is 2.47. The summed E-state index contributed by atoms with van der Waals surface area (Å²) in [5.74, 6) is -0.580. The van der Waals surface area contributed by atoms with Crippen LogP contribution in [0.25, 0.3) is 6.08 Å². The molecule has 1 fully saturated rings. The Bertz CT molecular complexity index is 1310. The topological polar surface area (TPSA) is 131 Å². The van der Waals surface area contributed by atoms with Crippen molar-refractivity contribution >= 4 is 33.7 Å². The van der Waals surface area contributed by atoms with Crippen molar-refractivity contribution in [3.05, 3.63) is 70.1 Å². The highest BCUT2D eigenvalue weighted by atomic mass is 32.2. The molecule has 34 heavy (non-hydrogen) atoms. The third kappa shape index (κ3) is 4.57. The minimum absolute atomic E-state index is 0.0115. The third-order valence-electron chi connectivity index (χ3n) is 6.06. The van der Waals surface area contributed by atoms with Crippen molar-refractivity contribution in [2.24, 2.45) is 10.7 Å². The van der Waals surface area contributed by atoms with E-state index in [0.717, 1.165) is 5.41 Å². The van der Waals surface area contributed by atoms with Crippen LogP contribution in [0.15, 0.2) is 52.9 Å². The molecular formula is C23H23FN4O5S. The average Bonchev–Trinajstić information content (AvgIpc) is 3.14. The molecule has 2 aromatic rings. The van der Waals surface area contributed by atoms with Gasteiger partial charge in [0.1, 0.15) is 11.4 Å². The number of nitrogens with two attached hydrogens (primary N) is 1. The number of benzene rings is 2. The minimum atomic E-state index is -3.74. The molecule has 0 bridgehead atoms. The van der Waals surface area contributed by atoms with Crippen molar-refractivity contribution in [3.8, 4) is 5.75 Å². The fraction of sp³-hybridized carbons (Fsp3) is 0.261. The summed E-state index contributed by atoms with van der Waals surface area (Å²) in [6.45, 7) is 1.99. The number of nitrogens with one attached hydrogen (secondary N) is 1. The van der Waals surface area contributed by atoms with Crippen LogP contribution in [0.3, 0.4) is 0 Å².